The lowest BCUT2D eigenvalue weighted by Gasteiger charge is -2.36. The van der Waals surface area contributed by atoms with E-state index in [1.54, 1.807) is 29.5 Å². The number of halogens is 2. The third-order valence-corrected chi connectivity index (χ3v) is 10.5. The summed E-state index contributed by atoms with van der Waals surface area (Å²) in [6.07, 6.45) is 2.20. The zero-order chi connectivity index (χ0) is 27.0. The van der Waals surface area contributed by atoms with Crippen molar-refractivity contribution in [3.63, 3.8) is 0 Å². The molecule has 39 heavy (non-hydrogen) atoms. The number of aromatic nitrogens is 2. The standard InChI is InChI=1S/C27H24ClFN6O2S2/c1-37-10-14-11-38-24-21(15-4-5-19(29)23-20(15)17(7-30)25(31)39-23)18(28)6-16-22(24)35(14)27(36)33-26(16)34-8-12-2-3-13(9-34)32-12/h4-6,12-14,32H,2-3,8-11,31H2,1H3. The van der Waals surface area contributed by atoms with E-state index >= 15 is 0 Å². The summed E-state index contributed by atoms with van der Waals surface area (Å²) < 4.78 is 22.4. The normalized spacial score (nSPS) is 22.1. The molecule has 3 atom stereocenters. The number of benzene rings is 2. The van der Waals surface area contributed by atoms with Crippen molar-refractivity contribution in [3.8, 4) is 17.2 Å². The molecule has 2 saturated heterocycles. The van der Waals surface area contributed by atoms with E-state index in [1.165, 1.54) is 6.07 Å². The van der Waals surface area contributed by atoms with Gasteiger partial charge < -0.3 is 20.7 Å². The van der Waals surface area contributed by atoms with Crippen molar-refractivity contribution >= 4 is 66.5 Å². The zero-order valence-corrected chi connectivity index (χ0v) is 23.4. The molecule has 0 radical (unpaired) electrons. The first-order chi connectivity index (χ1) is 18.9. The number of hydrogen-bond acceptors (Lipinski definition) is 9. The van der Waals surface area contributed by atoms with Gasteiger partial charge in [0.15, 0.2) is 0 Å². The van der Waals surface area contributed by atoms with Gasteiger partial charge >= 0.3 is 5.69 Å². The average Bonchev–Trinajstić information content (AvgIpc) is 3.45. The number of nitrogen functional groups attached to an aromatic ring is 1. The number of fused-ring (bicyclic) bond motifs is 3. The molecule has 3 aliphatic rings. The number of rotatable bonds is 4. The molecule has 0 spiro atoms. The van der Waals surface area contributed by atoms with Crippen LogP contribution in [-0.2, 0) is 4.74 Å². The molecule has 4 aromatic rings. The van der Waals surface area contributed by atoms with E-state index < -0.39 is 5.82 Å². The van der Waals surface area contributed by atoms with Gasteiger partial charge in [-0.05, 0) is 30.5 Å². The quantitative estimate of drug-likeness (QED) is 0.355. The molecule has 3 aliphatic heterocycles. The van der Waals surface area contributed by atoms with Crippen molar-refractivity contribution in [3.05, 3.63) is 45.1 Å². The third kappa shape index (κ3) is 3.77. The molecule has 12 heteroatoms. The van der Waals surface area contributed by atoms with Crippen LogP contribution in [0, 0.1) is 17.1 Å². The molecule has 3 N–H and O–H groups in total. The van der Waals surface area contributed by atoms with Crippen molar-refractivity contribution in [2.75, 3.05) is 43.2 Å². The highest BCUT2D eigenvalue weighted by Crippen LogP contribution is 2.51. The second-order valence-electron chi connectivity index (χ2n) is 10.3. The molecular formula is C27H24ClFN6O2S2. The molecule has 0 saturated carbocycles. The topological polar surface area (TPSA) is 109 Å². The van der Waals surface area contributed by atoms with Gasteiger partial charge in [0.1, 0.15) is 22.7 Å². The Morgan fingerprint density at radius 3 is 2.82 bits per heavy atom. The van der Waals surface area contributed by atoms with Crippen LogP contribution in [0.15, 0.2) is 27.9 Å². The van der Waals surface area contributed by atoms with Gasteiger partial charge in [0.05, 0.1) is 33.5 Å². The predicted octanol–water partition coefficient (Wildman–Crippen LogP) is 4.76. The second kappa shape index (κ2) is 9.35. The predicted molar refractivity (Wildman–Crippen MR) is 155 cm³/mol. The summed E-state index contributed by atoms with van der Waals surface area (Å²) in [5.74, 6) is 0.769. The molecule has 2 fully saturated rings. The van der Waals surface area contributed by atoms with E-state index in [-0.39, 0.29) is 22.3 Å². The number of nitrogens with zero attached hydrogens (tertiary/aromatic N) is 4. The number of anilines is 2. The summed E-state index contributed by atoms with van der Waals surface area (Å²) in [6, 6.07) is 7.56. The summed E-state index contributed by atoms with van der Waals surface area (Å²) >= 11 is 9.71. The van der Waals surface area contributed by atoms with Crippen LogP contribution in [0.4, 0.5) is 15.2 Å². The van der Waals surface area contributed by atoms with Gasteiger partial charge in [-0.3, -0.25) is 4.57 Å². The Labute approximate surface area is 236 Å². The number of hydrogen-bond donors (Lipinski definition) is 2. The summed E-state index contributed by atoms with van der Waals surface area (Å²) in [6.45, 7) is 1.89. The van der Waals surface area contributed by atoms with Crippen molar-refractivity contribution < 1.29 is 9.13 Å². The maximum absolute atomic E-state index is 14.9. The third-order valence-electron chi connectivity index (χ3n) is 7.96. The first-order valence-corrected chi connectivity index (χ1v) is 14.9. The fraction of sp³-hybridized carbons (Fsp3) is 0.370. The van der Waals surface area contributed by atoms with E-state index in [2.05, 4.69) is 21.3 Å². The molecule has 2 aromatic carbocycles. The average molecular weight is 583 g/mol. The van der Waals surface area contributed by atoms with Gasteiger partial charge in [-0.2, -0.15) is 10.2 Å². The molecule has 5 heterocycles. The van der Waals surface area contributed by atoms with Crippen LogP contribution in [0.1, 0.15) is 24.4 Å². The van der Waals surface area contributed by atoms with Gasteiger partial charge in [-0.15, -0.1) is 23.1 Å². The lowest BCUT2D eigenvalue weighted by molar-refractivity contribution is 0.163. The van der Waals surface area contributed by atoms with Crippen LogP contribution in [0.3, 0.4) is 0 Å². The zero-order valence-electron chi connectivity index (χ0n) is 21.0. The Morgan fingerprint density at radius 2 is 2.10 bits per heavy atom. The first-order valence-electron chi connectivity index (χ1n) is 12.7. The fourth-order valence-corrected chi connectivity index (χ4v) is 8.97. The van der Waals surface area contributed by atoms with Crippen molar-refractivity contribution in [1.82, 2.24) is 14.9 Å². The minimum Gasteiger partial charge on any atom is -0.389 e. The smallest absolute Gasteiger partial charge is 0.350 e. The minimum absolute atomic E-state index is 0.211. The van der Waals surface area contributed by atoms with Crippen LogP contribution < -0.4 is 21.6 Å². The maximum Gasteiger partial charge on any atom is 0.350 e. The Balaban J connectivity index is 1.55. The molecule has 2 bridgehead atoms. The highest BCUT2D eigenvalue weighted by Gasteiger charge is 2.36. The van der Waals surface area contributed by atoms with Crippen LogP contribution >= 0.6 is 34.7 Å². The summed E-state index contributed by atoms with van der Waals surface area (Å²) in [7, 11) is 1.62. The van der Waals surface area contributed by atoms with E-state index in [4.69, 9.17) is 22.1 Å². The van der Waals surface area contributed by atoms with E-state index in [0.717, 1.165) is 53.1 Å². The maximum atomic E-state index is 14.9. The van der Waals surface area contributed by atoms with Gasteiger partial charge in [0.2, 0.25) is 0 Å². The number of ether oxygens (including phenoxy) is 1. The van der Waals surface area contributed by atoms with Crippen molar-refractivity contribution in [2.45, 2.75) is 35.9 Å². The summed E-state index contributed by atoms with van der Waals surface area (Å²) in [5, 5.41) is 15.5. The van der Waals surface area contributed by atoms with Crippen molar-refractivity contribution in [2.24, 2.45) is 0 Å². The van der Waals surface area contributed by atoms with Gasteiger partial charge in [-0.25, -0.2) is 9.18 Å². The van der Waals surface area contributed by atoms with Gasteiger partial charge in [-0.1, -0.05) is 17.7 Å². The largest absolute Gasteiger partial charge is 0.389 e. The summed E-state index contributed by atoms with van der Waals surface area (Å²) in [4.78, 5) is 21.3. The number of nitrogens with one attached hydrogen (secondary N) is 1. The number of nitriles is 1. The number of piperazine rings is 1. The van der Waals surface area contributed by atoms with Crippen LogP contribution in [-0.4, -0.2) is 54.2 Å². The van der Waals surface area contributed by atoms with Crippen molar-refractivity contribution in [1.29, 1.82) is 5.26 Å². The second-order valence-corrected chi connectivity index (χ2v) is 12.8. The van der Waals surface area contributed by atoms with E-state index in [1.807, 2.05) is 6.07 Å². The molecule has 2 aromatic heterocycles. The SMILES string of the molecule is COCC1CSc2c(-c3ccc(F)c4sc(N)c(C#N)c34)c(Cl)cc3c(N4CC5CCC(C4)N5)nc(=O)n1c23. The van der Waals surface area contributed by atoms with E-state index in [9.17, 15) is 14.4 Å². The molecule has 0 amide bonds. The highest BCUT2D eigenvalue weighted by atomic mass is 35.5. The van der Waals surface area contributed by atoms with Gasteiger partial charge in [0.25, 0.3) is 0 Å². The fourth-order valence-electron chi connectivity index (χ4n) is 6.35. The van der Waals surface area contributed by atoms with Crippen LogP contribution in [0.25, 0.3) is 32.1 Å². The lowest BCUT2D eigenvalue weighted by atomic mass is 9.97. The molecular weight excluding hydrogens is 559 g/mol. The molecule has 0 aliphatic carbocycles. The van der Waals surface area contributed by atoms with Gasteiger partial charge in [0, 0.05) is 59.3 Å². The highest BCUT2D eigenvalue weighted by molar-refractivity contribution is 7.99. The Kier molecular flexibility index (Phi) is 6.02. The number of thiophene rings is 1. The van der Waals surface area contributed by atoms with Crippen LogP contribution in [0.5, 0.6) is 0 Å². The van der Waals surface area contributed by atoms with E-state index in [0.29, 0.717) is 56.5 Å². The Bertz CT molecular complexity index is 1770. The monoisotopic (exact) mass is 582 g/mol. The molecule has 200 valence electrons. The number of nitrogens with two attached hydrogens (primary N) is 1. The Morgan fingerprint density at radius 1 is 1.33 bits per heavy atom. The molecule has 7 rings (SSSR count). The molecule has 3 unspecified atom stereocenters. The first kappa shape index (κ1) is 25.1. The minimum atomic E-state index is -0.443. The number of methoxy groups -OCH3 is 1. The lowest BCUT2D eigenvalue weighted by Crippen LogP contribution is -2.52. The molecule has 8 nitrogen and oxygen atoms in total. The Hall–Kier alpha value is -2.88. The summed E-state index contributed by atoms with van der Waals surface area (Å²) in [5.41, 5.74) is 8.05. The van der Waals surface area contributed by atoms with Crippen LogP contribution in [0.2, 0.25) is 5.02 Å². The number of thioether (sulfide) groups is 1.